The van der Waals surface area contributed by atoms with Gasteiger partial charge in [0, 0.05) is 6.04 Å². The number of hydrogen-bond acceptors (Lipinski definition) is 2. The molecule has 2 aliphatic rings. The third kappa shape index (κ3) is 2.66. The third-order valence-corrected chi connectivity index (χ3v) is 4.45. The van der Waals surface area contributed by atoms with Crippen molar-refractivity contribution in [3.05, 3.63) is 28.2 Å². The van der Waals surface area contributed by atoms with Crippen LogP contribution in [0.2, 0.25) is 0 Å². The Hall–Kier alpha value is -0.540. The van der Waals surface area contributed by atoms with Crippen LogP contribution in [0.4, 0.5) is 0 Å². The summed E-state index contributed by atoms with van der Waals surface area (Å²) in [4.78, 5) is 0. The molecule has 92 valence electrons. The Labute approximate surface area is 111 Å². The van der Waals surface area contributed by atoms with E-state index in [1.165, 1.54) is 31.2 Å². The van der Waals surface area contributed by atoms with Crippen LogP contribution in [0.15, 0.2) is 22.7 Å². The van der Waals surface area contributed by atoms with E-state index in [0.717, 1.165) is 29.3 Å². The van der Waals surface area contributed by atoms with Crippen LogP contribution in [-0.4, -0.2) is 13.2 Å². The summed E-state index contributed by atoms with van der Waals surface area (Å²) in [5.74, 6) is 1.80. The molecule has 2 nitrogen and oxygen atoms in total. The molecule has 17 heavy (non-hydrogen) atoms. The van der Waals surface area contributed by atoms with Gasteiger partial charge < -0.3 is 10.1 Å². The fraction of sp³-hybridized carbons (Fsp3) is 0.571. The SMILES string of the molecule is Brc1c(OCC2CC2)cccc1C1CCCN1. The molecular weight excluding hydrogens is 278 g/mol. The predicted octanol–water partition coefficient (Wildman–Crippen LogP) is 3.66. The van der Waals surface area contributed by atoms with Gasteiger partial charge in [0.25, 0.3) is 0 Å². The van der Waals surface area contributed by atoms with Crippen LogP contribution in [0.25, 0.3) is 0 Å². The molecule has 1 aromatic rings. The molecule has 1 heterocycles. The Bertz CT molecular complexity index is 397. The van der Waals surface area contributed by atoms with E-state index in [9.17, 15) is 0 Å². The first-order chi connectivity index (χ1) is 8.34. The van der Waals surface area contributed by atoms with E-state index in [2.05, 4.69) is 39.4 Å². The maximum absolute atomic E-state index is 5.89. The average Bonchev–Trinajstić information content (AvgIpc) is 3.01. The van der Waals surface area contributed by atoms with Crippen molar-refractivity contribution in [2.75, 3.05) is 13.2 Å². The van der Waals surface area contributed by atoms with Crippen LogP contribution >= 0.6 is 15.9 Å². The van der Waals surface area contributed by atoms with Gasteiger partial charge in [-0.25, -0.2) is 0 Å². The second-order valence-electron chi connectivity index (χ2n) is 5.06. The summed E-state index contributed by atoms with van der Waals surface area (Å²) in [6.45, 7) is 2.00. The van der Waals surface area contributed by atoms with Crippen molar-refractivity contribution in [1.29, 1.82) is 0 Å². The highest BCUT2D eigenvalue weighted by atomic mass is 79.9. The van der Waals surface area contributed by atoms with Crippen molar-refractivity contribution >= 4 is 15.9 Å². The zero-order chi connectivity index (χ0) is 11.7. The lowest BCUT2D eigenvalue weighted by Gasteiger charge is -2.16. The van der Waals surface area contributed by atoms with Gasteiger partial charge in [-0.1, -0.05) is 12.1 Å². The highest BCUT2D eigenvalue weighted by Gasteiger charge is 2.24. The summed E-state index contributed by atoms with van der Waals surface area (Å²) in [6.07, 6.45) is 5.16. The zero-order valence-electron chi connectivity index (χ0n) is 9.92. The lowest BCUT2D eigenvalue weighted by Crippen LogP contribution is -2.13. The Kier molecular flexibility index (Phi) is 3.39. The molecule has 1 saturated carbocycles. The largest absolute Gasteiger partial charge is 0.492 e. The Morgan fingerprint density at radius 1 is 1.29 bits per heavy atom. The molecule has 0 amide bonds. The number of benzene rings is 1. The van der Waals surface area contributed by atoms with Gasteiger partial charge in [0.2, 0.25) is 0 Å². The van der Waals surface area contributed by atoms with Gasteiger partial charge in [-0.2, -0.15) is 0 Å². The molecule has 3 rings (SSSR count). The van der Waals surface area contributed by atoms with Crippen LogP contribution in [0.3, 0.4) is 0 Å². The molecule has 1 saturated heterocycles. The summed E-state index contributed by atoms with van der Waals surface area (Å²) < 4.78 is 7.03. The van der Waals surface area contributed by atoms with E-state index in [-0.39, 0.29) is 0 Å². The maximum atomic E-state index is 5.89. The summed E-state index contributed by atoms with van der Waals surface area (Å²) in [6, 6.07) is 6.85. The molecule has 0 radical (unpaired) electrons. The molecule has 0 aromatic heterocycles. The van der Waals surface area contributed by atoms with Crippen LogP contribution < -0.4 is 10.1 Å². The molecule has 1 aliphatic carbocycles. The number of rotatable bonds is 4. The normalized spacial score (nSPS) is 23.9. The molecule has 1 N–H and O–H groups in total. The Morgan fingerprint density at radius 2 is 2.18 bits per heavy atom. The smallest absolute Gasteiger partial charge is 0.133 e. The minimum Gasteiger partial charge on any atom is -0.492 e. The molecule has 1 aliphatic heterocycles. The fourth-order valence-electron chi connectivity index (χ4n) is 2.35. The molecular formula is C14H18BrNO. The van der Waals surface area contributed by atoms with Gasteiger partial charge in [-0.05, 0) is 65.7 Å². The monoisotopic (exact) mass is 295 g/mol. The lowest BCUT2D eigenvalue weighted by molar-refractivity contribution is 0.297. The molecule has 2 fully saturated rings. The van der Waals surface area contributed by atoms with E-state index >= 15 is 0 Å². The van der Waals surface area contributed by atoms with Gasteiger partial charge in [0.05, 0.1) is 11.1 Å². The highest BCUT2D eigenvalue weighted by Crippen LogP contribution is 2.37. The number of halogens is 1. The first kappa shape index (κ1) is 11.5. The van der Waals surface area contributed by atoms with Crippen LogP contribution in [0.5, 0.6) is 5.75 Å². The Morgan fingerprint density at radius 3 is 2.88 bits per heavy atom. The second kappa shape index (κ2) is 4.99. The van der Waals surface area contributed by atoms with Gasteiger partial charge >= 0.3 is 0 Å². The summed E-state index contributed by atoms with van der Waals surface area (Å²) in [5, 5.41) is 3.53. The van der Waals surface area contributed by atoms with E-state index in [4.69, 9.17) is 4.74 Å². The summed E-state index contributed by atoms with van der Waals surface area (Å²) >= 11 is 3.70. The first-order valence-electron chi connectivity index (χ1n) is 6.49. The molecule has 0 bridgehead atoms. The highest BCUT2D eigenvalue weighted by molar-refractivity contribution is 9.10. The molecule has 1 unspecified atom stereocenters. The fourth-order valence-corrected chi connectivity index (χ4v) is 3.01. The van der Waals surface area contributed by atoms with Crippen molar-refractivity contribution in [2.24, 2.45) is 5.92 Å². The molecule has 1 aromatic carbocycles. The molecule has 1 atom stereocenters. The third-order valence-electron chi connectivity index (χ3n) is 3.60. The maximum Gasteiger partial charge on any atom is 0.133 e. The van der Waals surface area contributed by atoms with E-state index in [1.54, 1.807) is 0 Å². The lowest BCUT2D eigenvalue weighted by atomic mass is 10.1. The van der Waals surface area contributed by atoms with E-state index in [0.29, 0.717) is 6.04 Å². The number of nitrogens with one attached hydrogen (secondary N) is 1. The number of hydrogen-bond donors (Lipinski definition) is 1. The second-order valence-corrected chi connectivity index (χ2v) is 5.86. The average molecular weight is 296 g/mol. The van der Waals surface area contributed by atoms with Gasteiger partial charge in [0.1, 0.15) is 5.75 Å². The quantitative estimate of drug-likeness (QED) is 0.915. The molecule has 3 heteroatoms. The molecule has 0 spiro atoms. The minimum atomic E-state index is 0.494. The zero-order valence-corrected chi connectivity index (χ0v) is 11.5. The topological polar surface area (TPSA) is 21.3 Å². The van der Waals surface area contributed by atoms with Crippen LogP contribution in [-0.2, 0) is 0 Å². The van der Waals surface area contributed by atoms with Crippen LogP contribution in [0, 0.1) is 5.92 Å². The Balaban J connectivity index is 1.75. The van der Waals surface area contributed by atoms with Crippen molar-refractivity contribution in [2.45, 2.75) is 31.7 Å². The van der Waals surface area contributed by atoms with Gasteiger partial charge in [-0.3, -0.25) is 0 Å². The standard InChI is InChI=1S/C14H18BrNO/c15-14-11(12-4-2-8-16-12)3-1-5-13(14)17-9-10-6-7-10/h1,3,5,10,12,16H,2,4,6-9H2. The predicted molar refractivity (Wildman–Crippen MR) is 72.3 cm³/mol. The van der Waals surface area contributed by atoms with Crippen LogP contribution in [0.1, 0.15) is 37.3 Å². The van der Waals surface area contributed by atoms with E-state index in [1.807, 2.05) is 0 Å². The number of ether oxygens (including phenoxy) is 1. The van der Waals surface area contributed by atoms with Crippen molar-refractivity contribution in [3.63, 3.8) is 0 Å². The van der Waals surface area contributed by atoms with Gasteiger partial charge in [0.15, 0.2) is 0 Å². The van der Waals surface area contributed by atoms with Gasteiger partial charge in [-0.15, -0.1) is 0 Å². The first-order valence-corrected chi connectivity index (χ1v) is 7.28. The van der Waals surface area contributed by atoms with Crippen molar-refractivity contribution in [1.82, 2.24) is 5.32 Å². The van der Waals surface area contributed by atoms with E-state index < -0.39 is 0 Å². The van der Waals surface area contributed by atoms with Crippen molar-refractivity contribution < 1.29 is 4.74 Å². The summed E-state index contributed by atoms with van der Waals surface area (Å²) in [7, 11) is 0. The van der Waals surface area contributed by atoms with Crippen molar-refractivity contribution in [3.8, 4) is 5.75 Å². The minimum absolute atomic E-state index is 0.494. The summed E-state index contributed by atoms with van der Waals surface area (Å²) in [5.41, 5.74) is 1.34.